The molecule has 0 saturated carbocycles. The molecule has 0 unspecified atom stereocenters. The summed E-state index contributed by atoms with van der Waals surface area (Å²) in [5.41, 5.74) is 7.51. The van der Waals surface area contributed by atoms with Gasteiger partial charge in [0.1, 0.15) is 23.7 Å². The van der Waals surface area contributed by atoms with E-state index in [1.54, 1.807) is 4.90 Å². The molecule has 2 saturated heterocycles. The molecule has 398 valence electrons. The van der Waals surface area contributed by atoms with E-state index in [2.05, 4.69) is 22.1 Å². The van der Waals surface area contributed by atoms with Gasteiger partial charge >= 0.3 is 30.8 Å². The average Bonchev–Trinajstić information content (AvgIpc) is 4.02. The van der Waals surface area contributed by atoms with Crippen molar-refractivity contribution in [3.63, 3.8) is 0 Å². The number of hydrogen-bond donors (Lipinski definition) is 1. The number of nitrogens with zero attached hydrogens (tertiary/aromatic N) is 8. The number of carbonyl (C=O) groups is 4. The van der Waals surface area contributed by atoms with Crippen molar-refractivity contribution in [2.45, 2.75) is 50.9 Å². The fourth-order valence-corrected chi connectivity index (χ4v) is 10.2. The fourth-order valence-electron chi connectivity index (χ4n) is 10.2. The second-order valence-electron chi connectivity index (χ2n) is 18.9. The SMILES string of the molecule is COC(=O)[C@@H]1CN(c2cc(C)nn2Cc2ccccc2)CCN1C(=O)C(c1ccccc1)c1ccccc1.Cc1cc(N2CCN(C(=O)C(c3ccccc3)c3ccccc3)[C@H](C(=O)O)C2)n(Cc2ccccc2)n1.O.[Li+].[OH-]. The van der Waals surface area contributed by atoms with Gasteiger partial charge < -0.3 is 40.4 Å². The van der Waals surface area contributed by atoms with Gasteiger partial charge in [-0.25, -0.2) is 19.0 Å². The van der Waals surface area contributed by atoms with E-state index in [0.717, 1.165) is 56.4 Å². The minimum atomic E-state index is -1.01. The number of ether oxygens (including phenoxy) is 1. The van der Waals surface area contributed by atoms with E-state index in [4.69, 9.17) is 9.84 Å². The molecular formula is C61H65LiN8O8. The minimum Gasteiger partial charge on any atom is -0.870 e. The van der Waals surface area contributed by atoms with Gasteiger partial charge in [-0.1, -0.05) is 182 Å². The third-order valence-corrected chi connectivity index (χ3v) is 13.9. The number of piperazine rings is 2. The Balaban J connectivity index is 0.000000243. The molecule has 6 aromatic carbocycles. The molecule has 10 rings (SSSR count). The third kappa shape index (κ3) is 13.8. The van der Waals surface area contributed by atoms with E-state index in [0.29, 0.717) is 45.8 Å². The topological polar surface area (TPSA) is 208 Å². The van der Waals surface area contributed by atoms with Crippen molar-refractivity contribution in [3.05, 3.63) is 239 Å². The number of benzene rings is 6. The molecular weight excluding hydrogens is 980 g/mol. The van der Waals surface area contributed by atoms with E-state index in [9.17, 15) is 24.3 Å². The molecule has 4 heterocycles. The van der Waals surface area contributed by atoms with Crippen LogP contribution in [0.5, 0.6) is 0 Å². The van der Waals surface area contributed by atoms with Crippen LogP contribution in [0.2, 0.25) is 0 Å². The van der Waals surface area contributed by atoms with Gasteiger partial charge in [0.25, 0.3) is 0 Å². The van der Waals surface area contributed by atoms with Crippen molar-refractivity contribution in [3.8, 4) is 0 Å². The Labute approximate surface area is 467 Å². The van der Waals surface area contributed by atoms with Gasteiger partial charge in [0.2, 0.25) is 11.8 Å². The second-order valence-corrected chi connectivity index (χ2v) is 18.9. The number of esters is 1. The predicted octanol–water partition coefficient (Wildman–Crippen LogP) is 4.44. The predicted molar refractivity (Wildman–Crippen MR) is 295 cm³/mol. The zero-order valence-corrected chi connectivity index (χ0v) is 44.5. The molecule has 2 aliphatic heterocycles. The first-order chi connectivity index (χ1) is 36.6. The summed E-state index contributed by atoms with van der Waals surface area (Å²) >= 11 is 0. The number of hydrogen-bond acceptors (Lipinski definition) is 10. The quantitative estimate of drug-likeness (QED) is 0.119. The van der Waals surface area contributed by atoms with E-state index in [1.165, 1.54) is 12.0 Å². The minimum absolute atomic E-state index is 0. The van der Waals surface area contributed by atoms with Crippen LogP contribution in [0, 0.1) is 13.8 Å². The van der Waals surface area contributed by atoms with E-state index in [1.807, 2.05) is 210 Å². The summed E-state index contributed by atoms with van der Waals surface area (Å²) in [5, 5.41) is 19.6. The van der Waals surface area contributed by atoms with E-state index >= 15 is 0 Å². The molecule has 8 aromatic rings. The normalized spacial score (nSPS) is 15.0. The molecule has 78 heavy (non-hydrogen) atoms. The smallest absolute Gasteiger partial charge is 0.870 e. The number of methoxy groups -OCH3 is 1. The summed E-state index contributed by atoms with van der Waals surface area (Å²) in [6.07, 6.45) is 0. The van der Waals surface area contributed by atoms with Gasteiger partial charge in [0, 0.05) is 38.3 Å². The molecule has 16 nitrogen and oxygen atoms in total. The van der Waals surface area contributed by atoms with Gasteiger partial charge in [0.15, 0.2) is 0 Å². The Hall–Kier alpha value is -8.26. The first kappa shape index (κ1) is 59.0. The maximum absolute atomic E-state index is 14.2. The summed E-state index contributed by atoms with van der Waals surface area (Å²) < 4.78 is 9.07. The number of aryl methyl sites for hydroxylation is 2. The molecule has 2 amide bonds. The number of aromatic nitrogens is 4. The fraction of sp³-hybridized carbons (Fsp3) is 0.246. The average molecular weight is 1050 g/mol. The molecule has 0 radical (unpaired) electrons. The van der Waals surface area contributed by atoms with Gasteiger partial charge in [-0.15, -0.1) is 0 Å². The zero-order chi connectivity index (χ0) is 52.3. The molecule has 2 fully saturated rings. The van der Waals surface area contributed by atoms with Crippen LogP contribution in [0.25, 0.3) is 0 Å². The summed E-state index contributed by atoms with van der Waals surface area (Å²) in [6.45, 7) is 7.43. The maximum Gasteiger partial charge on any atom is 1.00 e. The number of rotatable bonds is 14. The molecule has 2 aromatic heterocycles. The summed E-state index contributed by atoms with van der Waals surface area (Å²) in [4.78, 5) is 61.1. The number of carboxylic acid groups (broad SMARTS) is 1. The van der Waals surface area contributed by atoms with Crippen LogP contribution in [-0.2, 0) is 37.0 Å². The van der Waals surface area contributed by atoms with Gasteiger partial charge in [-0.3, -0.25) is 9.59 Å². The van der Waals surface area contributed by atoms with Crippen LogP contribution in [0.15, 0.2) is 194 Å². The number of amides is 2. The van der Waals surface area contributed by atoms with Crippen molar-refractivity contribution < 1.29 is 58.8 Å². The number of aliphatic carboxylic acids is 1. The van der Waals surface area contributed by atoms with Crippen LogP contribution in [-0.4, -0.2) is 128 Å². The van der Waals surface area contributed by atoms with Gasteiger partial charge in [-0.2, -0.15) is 10.2 Å². The zero-order valence-electron chi connectivity index (χ0n) is 44.5. The van der Waals surface area contributed by atoms with Crippen molar-refractivity contribution in [1.82, 2.24) is 29.4 Å². The Bertz CT molecular complexity index is 3090. The second kappa shape index (κ2) is 27.7. The molecule has 2 aliphatic rings. The summed E-state index contributed by atoms with van der Waals surface area (Å²) in [6, 6.07) is 61.1. The molecule has 0 bridgehead atoms. The summed E-state index contributed by atoms with van der Waals surface area (Å²) in [7, 11) is 1.37. The van der Waals surface area contributed by atoms with Crippen LogP contribution in [0.4, 0.5) is 11.6 Å². The van der Waals surface area contributed by atoms with Crippen LogP contribution < -0.4 is 28.7 Å². The van der Waals surface area contributed by atoms with Crippen molar-refractivity contribution in [2.24, 2.45) is 0 Å². The number of carboxylic acids is 1. The number of anilines is 2. The Morgan fingerprint density at radius 2 is 0.821 bits per heavy atom. The maximum atomic E-state index is 14.2. The largest absolute Gasteiger partial charge is 1.00 e. The molecule has 2 atom stereocenters. The third-order valence-electron chi connectivity index (χ3n) is 13.9. The molecule has 4 N–H and O–H groups in total. The summed E-state index contributed by atoms with van der Waals surface area (Å²) in [5.74, 6) is -1.02. The Kier molecular flexibility index (Phi) is 20.9. The van der Waals surface area contributed by atoms with E-state index < -0.39 is 35.9 Å². The van der Waals surface area contributed by atoms with Crippen LogP contribution >= 0.6 is 0 Å². The Morgan fingerprint density at radius 1 is 0.513 bits per heavy atom. The standard InChI is InChI=1S/C31H32N4O3.C30H30N4O3.Li.2H2O/c1-23-20-28(35(32-23)21-24-12-6-3-7-13-24)33-18-19-34(27(22-33)31(37)38-2)30(36)29(25-14-8-4-9-15-25)26-16-10-5-11-17-26;1-22-19-27(34(31-22)20-23-11-5-2-6-12-23)32-17-18-33(26(21-32)30(36)37)29(35)28(24-13-7-3-8-14-24)25-15-9-4-10-16-25;;;/h3-17,20,27,29H,18-19,21-22H2,1-2H3;2-16,19,26,28H,17-18,20-21H2,1H3,(H,36,37);;2*1H2/q;;+1;;/p-1/t27-;26-;;;/m00.../s1. The monoisotopic (exact) mass is 1040 g/mol. The van der Waals surface area contributed by atoms with Crippen molar-refractivity contribution in [1.29, 1.82) is 0 Å². The molecule has 17 heteroatoms. The molecule has 0 spiro atoms. The van der Waals surface area contributed by atoms with Crippen molar-refractivity contribution in [2.75, 3.05) is 56.2 Å². The van der Waals surface area contributed by atoms with Gasteiger partial charge in [-0.05, 0) is 47.2 Å². The first-order valence-corrected chi connectivity index (χ1v) is 25.3. The molecule has 0 aliphatic carbocycles. The Morgan fingerprint density at radius 3 is 1.14 bits per heavy atom. The van der Waals surface area contributed by atoms with Crippen LogP contribution in [0.1, 0.15) is 56.6 Å². The number of carbonyl (C=O) groups excluding carboxylic acids is 3. The van der Waals surface area contributed by atoms with E-state index in [-0.39, 0.29) is 48.2 Å². The van der Waals surface area contributed by atoms with Crippen molar-refractivity contribution >= 4 is 35.4 Å². The van der Waals surface area contributed by atoms with Gasteiger partial charge in [0.05, 0.1) is 56.5 Å². The van der Waals surface area contributed by atoms with Crippen LogP contribution in [0.3, 0.4) is 0 Å². The first-order valence-electron chi connectivity index (χ1n) is 25.3.